The largest absolute Gasteiger partial charge is 0.506 e. The van der Waals surface area contributed by atoms with Crippen LogP contribution < -0.4 is 5.73 Å². The lowest BCUT2D eigenvalue weighted by molar-refractivity contribution is -0.385. The summed E-state index contributed by atoms with van der Waals surface area (Å²) in [6, 6.07) is 1.57. The van der Waals surface area contributed by atoms with Gasteiger partial charge in [-0.15, -0.1) is 0 Å². The van der Waals surface area contributed by atoms with Crippen molar-refractivity contribution in [1.82, 2.24) is 0 Å². The molecule has 0 amide bonds. The minimum atomic E-state index is -0.830. The highest BCUT2D eigenvalue weighted by Crippen LogP contribution is 2.38. The normalized spacial score (nSPS) is 12.4. The molecule has 1 rings (SSSR count). The summed E-state index contributed by atoms with van der Waals surface area (Å²) >= 11 is 5.64. The van der Waals surface area contributed by atoms with Gasteiger partial charge >= 0.3 is 0 Å². The van der Waals surface area contributed by atoms with E-state index in [-0.39, 0.29) is 29.3 Å². The first-order valence-corrected chi connectivity index (χ1v) is 4.89. The predicted octanol–water partition coefficient (Wildman–Crippen LogP) is 1.34. The Balaban J connectivity index is 3.31. The third-order valence-electron chi connectivity index (χ3n) is 2.15. The molecule has 0 aromatic heterocycles. The van der Waals surface area contributed by atoms with Crippen LogP contribution in [0.3, 0.4) is 0 Å². The number of rotatable bonds is 4. The number of phenols is 1. The van der Waals surface area contributed by atoms with Crippen molar-refractivity contribution in [1.29, 1.82) is 0 Å². The van der Waals surface area contributed by atoms with Gasteiger partial charge in [0.25, 0.3) is 5.69 Å². The van der Waals surface area contributed by atoms with Crippen molar-refractivity contribution in [2.75, 3.05) is 6.61 Å². The van der Waals surface area contributed by atoms with E-state index in [1.807, 2.05) is 0 Å². The van der Waals surface area contributed by atoms with Crippen LogP contribution in [-0.4, -0.2) is 21.7 Å². The fourth-order valence-electron chi connectivity index (χ4n) is 1.38. The first-order chi connectivity index (χ1) is 7.49. The van der Waals surface area contributed by atoms with E-state index in [1.54, 1.807) is 0 Å². The second-order valence-corrected chi connectivity index (χ2v) is 3.61. The van der Waals surface area contributed by atoms with Gasteiger partial charge in [0, 0.05) is 18.7 Å². The van der Waals surface area contributed by atoms with E-state index >= 15 is 0 Å². The lowest BCUT2D eigenvalue weighted by Gasteiger charge is -2.13. The molecule has 0 aliphatic heterocycles. The lowest BCUT2D eigenvalue weighted by Crippen LogP contribution is -2.14. The average Bonchev–Trinajstić information content (AvgIpc) is 2.21. The van der Waals surface area contributed by atoms with Gasteiger partial charge in [-0.05, 0) is 12.5 Å². The highest BCUT2D eigenvalue weighted by atomic mass is 35.5. The molecule has 0 saturated heterocycles. The topological polar surface area (TPSA) is 110 Å². The van der Waals surface area contributed by atoms with E-state index in [0.29, 0.717) is 0 Å². The molecule has 0 bridgehead atoms. The van der Waals surface area contributed by atoms with E-state index in [1.165, 1.54) is 12.1 Å². The summed E-state index contributed by atoms with van der Waals surface area (Å²) in [5.41, 5.74) is 5.28. The molecular formula is C9H11ClN2O4. The van der Waals surface area contributed by atoms with E-state index in [4.69, 9.17) is 22.4 Å². The van der Waals surface area contributed by atoms with Crippen LogP contribution in [0.25, 0.3) is 0 Å². The van der Waals surface area contributed by atoms with Gasteiger partial charge in [-0.1, -0.05) is 11.6 Å². The number of phenolic OH excluding ortho intramolecular Hbond substituents is 1. The van der Waals surface area contributed by atoms with Crippen LogP contribution in [-0.2, 0) is 0 Å². The molecule has 16 heavy (non-hydrogen) atoms. The molecule has 1 aromatic carbocycles. The van der Waals surface area contributed by atoms with Gasteiger partial charge in [-0.2, -0.15) is 0 Å². The molecule has 7 heteroatoms. The maximum absolute atomic E-state index is 10.7. The Hall–Kier alpha value is -1.37. The number of aliphatic hydroxyl groups excluding tert-OH is 1. The summed E-state index contributed by atoms with van der Waals surface area (Å²) in [4.78, 5) is 10.1. The molecule has 0 aliphatic rings. The number of aliphatic hydroxyl groups is 1. The molecule has 0 heterocycles. The summed E-state index contributed by atoms with van der Waals surface area (Å²) in [5.74, 6) is -0.406. The minimum absolute atomic E-state index is 0.00557. The molecule has 1 atom stereocenters. The van der Waals surface area contributed by atoms with Crippen molar-refractivity contribution < 1.29 is 15.1 Å². The molecule has 6 nitrogen and oxygen atoms in total. The van der Waals surface area contributed by atoms with Gasteiger partial charge in [-0.3, -0.25) is 10.1 Å². The highest BCUT2D eigenvalue weighted by molar-refractivity contribution is 6.32. The second kappa shape index (κ2) is 5.11. The van der Waals surface area contributed by atoms with Crippen molar-refractivity contribution in [3.63, 3.8) is 0 Å². The second-order valence-electron chi connectivity index (χ2n) is 3.20. The monoisotopic (exact) mass is 246 g/mol. The van der Waals surface area contributed by atoms with Crippen LogP contribution in [0, 0.1) is 10.1 Å². The zero-order valence-electron chi connectivity index (χ0n) is 8.26. The van der Waals surface area contributed by atoms with Crippen LogP contribution in [0.1, 0.15) is 18.0 Å². The van der Waals surface area contributed by atoms with E-state index in [0.717, 1.165) is 0 Å². The standard InChI is InChI=1S/C9H11ClN2O4/c10-5-1-2-7(12(15)16)8(9(5)14)6(11)3-4-13/h1-2,6,13-14H,3-4,11H2/t6-/m1/s1. The quantitative estimate of drug-likeness (QED) is 0.548. The fraction of sp³-hybridized carbons (Fsp3) is 0.333. The molecular weight excluding hydrogens is 236 g/mol. The van der Waals surface area contributed by atoms with Gasteiger partial charge in [-0.25, -0.2) is 0 Å². The van der Waals surface area contributed by atoms with Gasteiger partial charge in [0.15, 0.2) is 0 Å². The summed E-state index contributed by atoms with van der Waals surface area (Å²) in [5, 5.41) is 29.1. The Bertz CT molecular complexity index is 411. The Morgan fingerprint density at radius 3 is 2.69 bits per heavy atom. The number of benzene rings is 1. The van der Waals surface area contributed by atoms with Gasteiger partial charge in [0.1, 0.15) is 5.75 Å². The maximum Gasteiger partial charge on any atom is 0.277 e. The third-order valence-corrected chi connectivity index (χ3v) is 2.46. The molecule has 0 spiro atoms. The Morgan fingerprint density at radius 2 is 2.19 bits per heavy atom. The Labute approximate surface area is 96.4 Å². The average molecular weight is 247 g/mol. The molecule has 4 N–H and O–H groups in total. The van der Waals surface area contributed by atoms with Crippen molar-refractivity contribution in [2.24, 2.45) is 5.73 Å². The van der Waals surface area contributed by atoms with Crippen molar-refractivity contribution in [3.8, 4) is 5.75 Å². The first kappa shape index (κ1) is 12.7. The number of aromatic hydroxyl groups is 1. The van der Waals surface area contributed by atoms with Crippen molar-refractivity contribution in [3.05, 3.63) is 32.8 Å². The molecule has 0 radical (unpaired) electrons. The zero-order valence-corrected chi connectivity index (χ0v) is 9.02. The van der Waals surface area contributed by atoms with Crippen LogP contribution in [0.2, 0.25) is 5.02 Å². The number of nitro groups is 1. The summed E-state index contributed by atoms with van der Waals surface area (Å²) in [6.45, 7) is -0.232. The number of nitrogens with zero attached hydrogens (tertiary/aromatic N) is 1. The zero-order chi connectivity index (χ0) is 12.3. The number of halogens is 1. The van der Waals surface area contributed by atoms with Crippen molar-refractivity contribution >= 4 is 17.3 Å². The van der Waals surface area contributed by atoms with Crippen molar-refractivity contribution in [2.45, 2.75) is 12.5 Å². The van der Waals surface area contributed by atoms with Gasteiger partial charge in [0.2, 0.25) is 0 Å². The highest BCUT2D eigenvalue weighted by Gasteiger charge is 2.24. The summed E-state index contributed by atoms with van der Waals surface area (Å²) in [7, 11) is 0. The molecule has 88 valence electrons. The lowest BCUT2D eigenvalue weighted by atomic mass is 10.0. The predicted molar refractivity (Wildman–Crippen MR) is 58.4 cm³/mol. The molecule has 0 unspecified atom stereocenters. The summed E-state index contributed by atoms with van der Waals surface area (Å²) in [6.07, 6.45) is 0.106. The van der Waals surface area contributed by atoms with Gasteiger partial charge in [0.05, 0.1) is 15.5 Å². The smallest absolute Gasteiger partial charge is 0.277 e. The minimum Gasteiger partial charge on any atom is -0.506 e. The summed E-state index contributed by atoms with van der Waals surface area (Å²) < 4.78 is 0. The molecule has 1 aromatic rings. The first-order valence-electron chi connectivity index (χ1n) is 4.51. The Morgan fingerprint density at radius 1 is 1.56 bits per heavy atom. The Kier molecular flexibility index (Phi) is 4.05. The number of hydrogen-bond donors (Lipinski definition) is 3. The van der Waals surface area contributed by atoms with E-state index in [2.05, 4.69) is 0 Å². The third kappa shape index (κ3) is 2.41. The molecule has 0 fully saturated rings. The number of nitro benzene ring substituents is 1. The van der Waals surface area contributed by atoms with Gasteiger partial charge < -0.3 is 15.9 Å². The van der Waals surface area contributed by atoms with E-state index in [9.17, 15) is 15.2 Å². The maximum atomic E-state index is 10.7. The van der Waals surface area contributed by atoms with Crippen LogP contribution >= 0.6 is 11.6 Å². The fourth-order valence-corrected chi connectivity index (χ4v) is 1.54. The molecule has 0 aliphatic carbocycles. The van der Waals surface area contributed by atoms with Crippen LogP contribution in [0.4, 0.5) is 5.69 Å². The van der Waals surface area contributed by atoms with Crippen LogP contribution in [0.15, 0.2) is 12.1 Å². The molecule has 0 saturated carbocycles. The number of hydrogen-bond acceptors (Lipinski definition) is 5. The van der Waals surface area contributed by atoms with Crippen LogP contribution in [0.5, 0.6) is 5.75 Å². The number of nitrogens with two attached hydrogens (primary N) is 1. The van der Waals surface area contributed by atoms with E-state index < -0.39 is 16.7 Å². The SMILES string of the molecule is N[C@H](CCO)c1c([N+](=O)[O-])ccc(Cl)c1O.